The molecule has 1 atom stereocenters. The first-order valence-corrected chi connectivity index (χ1v) is 9.58. The third-order valence-electron chi connectivity index (χ3n) is 3.73. The molecule has 0 bridgehead atoms. The van der Waals surface area contributed by atoms with E-state index in [1.165, 1.54) is 29.5 Å². The summed E-state index contributed by atoms with van der Waals surface area (Å²) in [6, 6.07) is 11.6. The monoisotopic (exact) mass is 448 g/mol. The fraction of sp³-hybridized carbons (Fsp3) is 0.105. The molecule has 1 amide bonds. The first kappa shape index (κ1) is 19.2. The minimum atomic E-state index is -1.46. The molecular formula is C19H14BrFN2O3S. The summed E-state index contributed by atoms with van der Waals surface area (Å²) in [4.78, 5) is 28.2. The average molecular weight is 449 g/mol. The van der Waals surface area contributed by atoms with E-state index in [0.717, 1.165) is 21.1 Å². The molecule has 2 aromatic carbocycles. The van der Waals surface area contributed by atoms with Crippen molar-refractivity contribution in [3.63, 3.8) is 0 Å². The molecule has 1 aromatic heterocycles. The highest BCUT2D eigenvalue weighted by molar-refractivity contribution is 9.10. The van der Waals surface area contributed by atoms with Gasteiger partial charge in [-0.25, -0.2) is 14.2 Å². The topological polar surface area (TPSA) is 79.3 Å². The minimum Gasteiger partial charge on any atom is -0.479 e. The summed E-state index contributed by atoms with van der Waals surface area (Å²) in [5.74, 6) is -2.56. The highest BCUT2D eigenvalue weighted by Crippen LogP contribution is 2.26. The molecule has 8 heteroatoms. The molecule has 3 aromatic rings. The Balaban J connectivity index is 1.72. The summed E-state index contributed by atoms with van der Waals surface area (Å²) in [7, 11) is 0. The van der Waals surface area contributed by atoms with Crippen molar-refractivity contribution in [3.8, 4) is 10.6 Å². The van der Waals surface area contributed by atoms with Crippen LogP contribution in [-0.4, -0.2) is 22.0 Å². The van der Waals surface area contributed by atoms with Crippen molar-refractivity contribution in [2.45, 2.75) is 12.5 Å². The fourth-order valence-corrected chi connectivity index (χ4v) is 3.72. The number of amides is 1. The lowest BCUT2D eigenvalue weighted by Crippen LogP contribution is -2.35. The third kappa shape index (κ3) is 4.78. The number of hydrogen-bond donors (Lipinski definition) is 2. The number of nitrogens with zero attached hydrogens (tertiary/aromatic N) is 1. The normalized spacial score (nSPS) is 11.8. The van der Waals surface area contributed by atoms with Crippen LogP contribution >= 0.6 is 27.3 Å². The van der Waals surface area contributed by atoms with Crippen LogP contribution in [0.1, 0.15) is 17.3 Å². The van der Waals surface area contributed by atoms with Crippen molar-refractivity contribution in [1.82, 2.24) is 10.3 Å². The van der Waals surface area contributed by atoms with E-state index in [-0.39, 0.29) is 12.0 Å². The van der Waals surface area contributed by atoms with Gasteiger partial charge in [-0.3, -0.25) is 4.79 Å². The van der Waals surface area contributed by atoms with Crippen LogP contribution in [0.5, 0.6) is 0 Å². The van der Waals surface area contributed by atoms with Crippen LogP contribution in [0, 0.1) is 5.82 Å². The number of hydrogen-bond acceptors (Lipinski definition) is 4. The van der Waals surface area contributed by atoms with Gasteiger partial charge in [0.1, 0.15) is 10.8 Å². The van der Waals surface area contributed by atoms with Gasteiger partial charge in [0.2, 0.25) is 5.91 Å². The minimum absolute atomic E-state index is 0.0912. The van der Waals surface area contributed by atoms with Crippen LogP contribution in [0.4, 0.5) is 4.39 Å². The summed E-state index contributed by atoms with van der Waals surface area (Å²) >= 11 is 4.79. The largest absolute Gasteiger partial charge is 0.479 e. The molecule has 1 heterocycles. The zero-order valence-electron chi connectivity index (χ0n) is 13.9. The van der Waals surface area contributed by atoms with E-state index in [1.807, 2.05) is 24.3 Å². The van der Waals surface area contributed by atoms with Crippen LogP contribution in [0.3, 0.4) is 0 Å². The molecule has 0 saturated heterocycles. The number of carbonyl (C=O) groups is 2. The van der Waals surface area contributed by atoms with Crippen LogP contribution in [0.15, 0.2) is 58.4 Å². The highest BCUT2D eigenvalue weighted by Gasteiger charge is 2.25. The highest BCUT2D eigenvalue weighted by atomic mass is 79.9. The van der Waals surface area contributed by atoms with E-state index in [9.17, 15) is 19.1 Å². The van der Waals surface area contributed by atoms with Crippen molar-refractivity contribution in [1.29, 1.82) is 0 Å². The number of thiazole rings is 1. The van der Waals surface area contributed by atoms with Crippen LogP contribution in [0.2, 0.25) is 0 Å². The smallest absolute Gasteiger partial charge is 0.331 e. The molecule has 5 nitrogen and oxygen atoms in total. The molecule has 0 saturated carbocycles. The maximum atomic E-state index is 13.9. The van der Waals surface area contributed by atoms with Gasteiger partial charge in [-0.1, -0.05) is 46.3 Å². The quantitative estimate of drug-likeness (QED) is 0.592. The summed E-state index contributed by atoms with van der Waals surface area (Å²) in [5, 5.41) is 14.2. The van der Waals surface area contributed by atoms with Gasteiger partial charge in [0, 0.05) is 21.0 Å². The van der Waals surface area contributed by atoms with E-state index in [4.69, 9.17) is 0 Å². The van der Waals surface area contributed by atoms with E-state index in [1.54, 1.807) is 5.38 Å². The number of aliphatic carboxylic acids is 1. The lowest BCUT2D eigenvalue weighted by atomic mass is 10.1. The Bertz CT molecular complexity index is 992. The fourth-order valence-electron chi connectivity index (χ4n) is 2.50. The SMILES string of the molecule is O=C(Cc1csc(-c2cccc(Br)c2)n1)NC(C(=O)O)c1ccccc1F. The number of halogens is 2. The van der Waals surface area contributed by atoms with Gasteiger partial charge in [0.15, 0.2) is 6.04 Å². The molecule has 2 N–H and O–H groups in total. The van der Waals surface area contributed by atoms with Gasteiger partial charge >= 0.3 is 5.97 Å². The zero-order valence-corrected chi connectivity index (χ0v) is 16.3. The maximum Gasteiger partial charge on any atom is 0.331 e. The molecule has 0 aliphatic heterocycles. The predicted molar refractivity (Wildman–Crippen MR) is 104 cm³/mol. The Labute approximate surface area is 167 Å². The van der Waals surface area contributed by atoms with Gasteiger partial charge < -0.3 is 10.4 Å². The number of carbonyl (C=O) groups excluding carboxylic acids is 1. The summed E-state index contributed by atoms with van der Waals surface area (Å²) in [6.07, 6.45) is -0.0945. The molecule has 0 aliphatic carbocycles. The Morgan fingerprint density at radius 1 is 1.22 bits per heavy atom. The standard InChI is InChI=1S/C19H14BrFN2O3S/c20-12-5-3-4-11(8-12)18-22-13(10-27-18)9-16(24)23-17(19(25)26)14-6-1-2-7-15(14)21/h1-8,10,17H,9H2,(H,23,24)(H,25,26). The Morgan fingerprint density at radius 3 is 2.70 bits per heavy atom. The Hall–Kier alpha value is -2.58. The predicted octanol–water partition coefficient (Wildman–Crippen LogP) is 4.20. The average Bonchev–Trinajstić information content (AvgIpc) is 3.09. The summed E-state index contributed by atoms with van der Waals surface area (Å²) in [6.45, 7) is 0. The molecule has 0 radical (unpaired) electrons. The molecule has 0 fully saturated rings. The second-order valence-electron chi connectivity index (χ2n) is 5.69. The molecule has 1 unspecified atom stereocenters. The van der Waals surface area contributed by atoms with Crippen molar-refractivity contribution >= 4 is 39.1 Å². The third-order valence-corrected chi connectivity index (χ3v) is 5.17. The number of carboxylic acids is 1. The van der Waals surface area contributed by atoms with Gasteiger partial charge in [-0.15, -0.1) is 11.3 Å². The lowest BCUT2D eigenvalue weighted by molar-refractivity contribution is -0.142. The van der Waals surface area contributed by atoms with Gasteiger partial charge in [0.05, 0.1) is 12.1 Å². The van der Waals surface area contributed by atoms with Gasteiger partial charge in [-0.05, 0) is 18.2 Å². The second kappa shape index (κ2) is 8.41. The van der Waals surface area contributed by atoms with Crippen LogP contribution < -0.4 is 5.32 Å². The Morgan fingerprint density at radius 2 is 2.00 bits per heavy atom. The van der Waals surface area contributed by atoms with Crippen LogP contribution in [0.25, 0.3) is 10.6 Å². The Kier molecular flexibility index (Phi) is 5.98. The molecule has 3 rings (SSSR count). The van der Waals surface area contributed by atoms with Crippen molar-refractivity contribution < 1.29 is 19.1 Å². The van der Waals surface area contributed by atoms with E-state index >= 15 is 0 Å². The molecule has 0 spiro atoms. The first-order chi connectivity index (χ1) is 12.9. The number of benzene rings is 2. The van der Waals surface area contributed by atoms with Crippen molar-refractivity contribution in [2.75, 3.05) is 0 Å². The molecular weight excluding hydrogens is 435 g/mol. The maximum absolute atomic E-state index is 13.9. The zero-order chi connectivity index (χ0) is 19.4. The first-order valence-electron chi connectivity index (χ1n) is 7.91. The lowest BCUT2D eigenvalue weighted by Gasteiger charge is -2.15. The van der Waals surface area contributed by atoms with Crippen molar-refractivity contribution in [3.05, 3.63) is 75.5 Å². The van der Waals surface area contributed by atoms with E-state index < -0.39 is 23.7 Å². The number of rotatable bonds is 6. The van der Waals surface area contributed by atoms with Gasteiger partial charge in [-0.2, -0.15) is 0 Å². The van der Waals surface area contributed by atoms with Gasteiger partial charge in [0.25, 0.3) is 0 Å². The van der Waals surface area contributed by atoms with Crippen molar-refractivity contribution in [2.24, 2.45) is 0 Å². The van der Waals surface area contributed by atoms with Crippen LogP contribution in [-0.2, 0) is 16.0 Å². The summed E-state index contributed by atoms with van der Waals surface area (Å²) in [5.41, 5.74) is 1.34. The number of aromatic nitrogens is 1. The van der Waals surface area contributed by atoms with E-state index in [2.05, 4.69) is 26.2 Å². The number of carboxylic acid groups (broad SMARTS) is 1. The molecule has 27 heavy (non-hydrogen) atoms. The van der Waals surface area contributed by atoms with E-state index in [0.29, 0.717) is 5.69 Å². The second-order valence-corrected chi connectivity index (χ2v) is 7.47. The summed E-state index contributed by atoms with van der Waals surface area (Å²) < 4.78 is 14.8. The molecule has 138 valence electrons. The molecule has 0 aliphatic rings. The number of nitrogens with one attached hydrogen (secondary N) is 1.